The number of hydrogen-bond donors (Lipinski definition) is 2. The van der Waals surface area contributed by atoms with Gasteiger partial charge >= 0.3 is 12.4 Å². The van der Waals surface area contributed by atoms with E-state index in [4.69, 9.17) is 11.0 Å². The molecule has 11 heteroatoms. The molecule has 1 aliphatic heterocycles. The van der Waals surface area contributed by atoms with E-state index >= 15 is 0 Å². The lowest BCUT2D eigenvalue weighted by Crippen LogP contribution is -2.47. The predicted molar refractivity (Wildman–Crippen MR) is 79.2 cm³/mol. The zero-order chi connectivity index (χ0) is 18.3. The van der Waals surface area contributed by atoms with Gasteiger partial charge in [-0.15, -0.1) is 12.4 Å². The molecule has 2 rings (SSSR count). The monoisotopic (exact) mass is 389 g/mol. The summed E-state index contributed by atoms with van der Waals surface area (Å²) < 4.78 is 77.3. The van der Waals surface area contributed by atoms with Crippen molar-refractivity contribution in [2.24, 2.45) is 5.73 Å². The molecule has 1 aromatic rings. The van der Waals surface area contributed by atoms with Crippen LogP contribution in [0.4, 0.5) is 32.0 Å². The summed E-state index contributed by atoms with van der Waals surface area (Å²) in [4.78, 5) is 0.999. The SMILES string of the molecule is Cl.N#Cc1ccc(N2CC(N)C[C@@H]2[C@H](O)C(F)(F)F)cc1C(F)(F)F. The first-order valence-electron chi connectivity index (χ1n) is 6.83. The van der Waals surface area contributed by atoms with Crippen LogP contribution >= 0.6 is 12.4 Å². The van der Waals surface area contributed by atoms with E-state index in [0.29, 0.717) is 6.07 Å². The maximum absolute atomic E-state index is 13.0. The highest BCUT2D eigenvalue weighted by Crippen LogP contribution is 2.38. The fourth-order valence-corrected chi connectivity index (χ4v) is 2.76. The summed E-state index contributed by atoms with van der Waals surface area (Å²) in [5.74, 6) is 0. The van der Waals surface area contributed by atoms with Gasteiger partial charge in [0, 0.05) is 18.3 Å². The summed E-state index contributed by atoms with van der Waals surface area (Å²) in [5, 5.41) is 18.2. The molecule has 3 N–H and O–H groups in total. The van der Waals surface area contributed by atoms with Crippen molar-refractivity contribution in [2.45, 2.75) is 37.0 Å². The third-order valence-corrected chi connectivity index (χ3v) is 3.84. The molecule has 3 atom stereocenters. The first-order chi connectivity index (χ1) is 10.9. The van der Waals surface area contributed by atoms with Crippen LogP contribution in [0.25, 0.3) is 0 Å². The van der Waals surface area contributed by atoms with Crippen molar-refractivity contribution >= 4 is 18.1 Å². The van der Waals surface area contributed by atoms with Crippen LogP contribution in [0.3, 0.4) is 0 Å². The summed E-state index contributed by atoms with van der Waals surface area (Å²) in [7, 11) is 0. The largest absolute Gasteiger partial charge is 0.417 e. The number of aliphatic hydroxyl groups excluding tert-OH is 1. The van der Waals surface area contributed by atoms with E-state index in [-0.39, 0.29) is 31.1 Å². The Morgan fingerprint density at radius 2 is 1.84 bits per heavy atom. The number of benzene rings is 1. The van der Waals surface area contributed by atoms with Crippen LogP contribution in [0, 0.1) is 11.3 Å². The number of nitrogens with two attached hydrogens (primary N) is 1. The van der Waals surface area contributed by atoms with E-state index in [1.54, 1.807) is 0 Å². The number of alkyl halides is 6. The summed E-state index contributed by atoms with van der Waals surface area (Å²) in [6.45, 7) is -0.138. The minimum Gasteiger partial charge on any atom is -0.382 e. The molecule has 1 fully saturated rings. The van der Waals surface area contributed by atoms with Crippen molar-refractivity contribution in [3.05, 3.63) is 29.3 Å². The summed E-state index contributed by atoms with van der Waals surface area (Å²) >= 11 is 0. The predicted octanol–water partition coefficient (Wildman–Crippen LogP) is 2.83. The van der Waals surface area contributed by atoms with Gasteiger partial charge in [-0.1, -0.05) is 0 Å². The number of halogens is 7. The van der Waals surface area contributed by atoms with E-state index in [0.717, 1.165) is 17.0 Å². The Kier molecular flexibility index (Phi) is 6.21. The second kappa shape index (κ2) is 7.27. The molecule has 140 valence electrons. The molecule has 1 aliphatic rings. The second-order valence-electron chi connectivity index (χ2n) is 5.54. The van der Waals surface area contributed by atoms with E-state index < -0.39 is 41.7 Å². The molecule has 0 aliphatic carbocycles. The minimum atomic E-state index is -4.92. The van der Waals surface area contributed by atoms with Gasteiger partial charge < -0.3 is 15.7 Å². The maximum atomic E-state index is 13.0. The van der Waals surface area contributed by atoms with Gasteiger partial charge in [-0.2, -0.15) is 31.6 Å². The van der Waals surface area contributed by atoms with Crippen molar-refractivity contribution in [3.63, 3.8) is 0 Å². The molecule has 0 saturated carbocycles. The molecule has 1 heterocycles. The van der Waals surface area contributed by atoms with Crippen LogP contribution in [0.2, 0.25) is 0 Å². The third kappa shape index (κ3) is 4.48. The minimum absolute atomic E-state index is 0. The zero-order valence-electron chi connectivity index (χ0n) is 12.5. The molecule has 25 heavy (non-hydrogen) atoms. The van der Waals surface area contributed by atoms with Crippen molar-refractivity contribution in [1.29, 1.82) is 5.26 Å². The van der Waals surface area contributed by atoms with E-state index in [1.807, 2.05) is 0 Å². The Morgan fingerprint density at radius 3 is 2.32 bits per heavy atom. The highest BCUT2D eigenvalue weighted by Gasteiger charge is 2.49. The lowest BCUT2D eigenvalue weighted by Gasteiger charge is -2.31. The average Bonchev–Trinajstić information content (AvgIpc) is 2.85. The molecular formula is C14H14ClF6N3O. The van der Waals surface area contributed by atoms with Gasteiger partial charge in [0.05, 0.1) is 23.2 Å². The zero-order valence-corrected chi connectivity index (χ0v) is 13.3. The van der Waals surface area contributed by atoms with E-state index in [1.165, 1.54) is 6.07 Å². The van der Waals surface area contributed by atoms with Crippen molar-refractivity contribution in [3.8, 4) is 6.07 Å². The standard InChI is InChI=1S/C14H13F6N3O.ClH/c15-13(16,17)10-4-9(2-1-7(10)5-21)23-6-8(22)3-11(23)12(24)14(18,19)20;/h1-2,4,8,11-12,24H,3,6,22H2;1H/t8?,11-,12+;/m1./s1. The molecule has 1 aromatic carbocycles. The van der Waals surface area contributed by atoms with Crippen LogP contribution in [0.1, 0.15) is 17.5 Å². The molecule has 1 saturated heterocycles. The molecule has 0 spiro atoms. The Hall–Kier alpha value is -1.70. The van der Waals surface area contributed by atoms with Crippen molar-refractivity contribution in [1.82, 2.24) is 0 Å². The highest BCUT2D eigenvalue weighted by atomic mass is 35.5. The van der Waals surface area contributed by atoms with Gasteiger partial charge in [0.15, 0.2) is 6.10 Å². The molecule has 1 unspecified atom stereocenters. The van der Waals surface area contributed by atoms with Crippen LogP contribution in [0.5, 0.6) is 0 Å². The second-order valence-corrected chi connectivity index (χ2v) is 5.54. The van der Waals surface area contributed by atoms with Gasteiger partial charge in [-0.25, -0.2) is 0 Å². The average molecular weight is 390 g/mol. The first-order valence-corrected chi connectivity index (χ1v) is 6.83. The van der Waals surface area contributed by atoms with E-state index in [2.05, 4.69) is 0 Å². The molecular weight excluding hydrogens is 376 g/mol. The number of anilines is 1. The number of rotatable bonds is 2. The Labute approximate surface area is 145 Å². The Morgan fingerprint density at radius 1 is 1.24 bits per heavy atom. The van der Waals surface area contributed by atoms with Gasteiger partial charge in [-0.3, -0.25) is 0 Å². The summed E-state index contributed by atoms with van der Waals surface area (Å²) in [6.07, 6.45) is -12.7. The fraction of sp³-hybridized carbons (Fsp3) is 0.500. The van der Waals surface area contributed by atoms with Crippen molar-refractivity contribution < 1.29 is 31.4 Å². The lowest BCUT2D eigenvalue weighted by atomic mass is 10.0. The summed E-state index contributed by atoms with van der Waals surface area (Å²) in [5.41, 5.74) is 3.56. The number of hydrogen-bond acceptors (Lipinski definition) is 4. The third-order valence-electron chi connectivity index (χ3n) is 3.84. The molecule has 4 nitrogen and oxygen atoms in total. The van der Waals surface area contributed by atoms with E-state index in [9.17, 15) is 31.4 Å². The quantitative estimate of drug-likeness (QED) is 0.763. The highest BCUT2D eigenvalue weighted by molar-refractivity contribution is 5.85. The normalized spacial score (nSPS) is 22.3. The number of nitriles is 1. The fourth-order valence-electron chi connectivity index (χ4n) is 2.76. The van der Waals surface area contributed by atoms with Gasteiger partial charge in [0.2, 0.25) is 0 Å². The molecule has 0 bridgehead atoms. The van der Waals surface area contributed by atoms with Crippen LogP contribution < -0.4 is 10.6 Å². The van der Waals surface area contributed by atoms with Gasteiger partial charge in [-0.05, 0) is 24.6 Å². The maximum Gasteiger partial charge on any atom is 0.417 e. The van der Waals surface area contributed by atoms with Crippen LogP contribution in [-0.2, 0) is 6.18 Å². The Bertz CT molecular complexity index is 657. The first kappa shape index (κ1) is 21.3. The van der Waals surface area contributed by atoms with Crippen LogP contribution in [0.15, 0.2) is 18.2 Å². The smallest absolute Gasteiger partial charge is 0.382 e. The molecule has 0 amide bonds. The summed E-state index contributed by atoms with van der Waals surface area (Å²) in [6, 6.07) is 1.78. The number of nitrogens with zero attached hydrogens (tertiary/aromatic N) is 2. The Balaban J connectivity index is 0.00000312. The van der Waals surface area contributed by atoms with Gasteiger partial charge in [0.25, 0.3) is 0 Å². The van der Waals surface area contributed by atoms with Gasteiger partial charge in [0.1, 0.15) is 0 Å². The number of aliphatic hydroxyl groups is 1. The topological polar surface area (TPSA) is 73.3 Å². The molecule has 0 aromatic heterocycles. The van der Waals surface area contributed by atoms with Crippen molar-refractivity contribution in [2.75, 3.05) is 11.4 Å². The van der Waals surface area contributed by atoms with Crippen LogP contribution in [-0.4, -0.2) is 36.0 Å². The molecule has 0 radical (unpaired) electrons. The lowest BCUT2D eigenvalue weighted by molar-refractivity contribution is -0.209.